The molecule has 168 valence electrons. The van der Waals surface area contributed by atoms with Gasteiger partial charge in [-0.1, -0.05) is 36.2 Å². The van der Waals surface area contributed by atoms with E-state index in [9.17, 15) is 13.2 Å². The molecule has 0 aromatic heterocycles. The summed E-state index contributed by atoms with van der Waals surface area (Å²) in [5, 5.41) is 3.17. The molecule has 0 atom stereocenters. The van der Waals surface area contributed by atoms with E-state index in [1.165, 1.54) is 25.0 Å². The lowest BCUT2D eigenvalue weighted by Crippen LogP contribution is -2.35. The maximum absolute atomic E-state index is 12.6. The van der Waals surface area contributed by atoms with Crippen molar-refractivity contribution in [2.24, 2.45) is 5.92 Å². The van der Waals surface area contributed by atoms with Crippen molar-refractivity contribution in [2.75, 3.05) is 30.9 Å². The lowest BCUT2D eigenvalue weighted by atomic mass is 9.99. The zero-order chi connectivity index (χ0) is 22.4. The number of nitrogens with zero attached hydrogens (tertiary/aromatic N) is 1. The van der Waals surface area contributed by atoms with Crippen LogP contribution in [0.5, 0.6) is 0 Å². The van der Waals surface area contributed by atoms with E-state index in [2.05, 4.69) is 21.9 Å². The van der Waals surface area contributed by atoms with Gasteiger partial charge in [0.05, 0.1) is 15.5 Å². The number of hydrogen-bond donors (Lipinski definition) is 2. The van der Waals surface area contributed by atoms with Gasteiger partial charge in [-0.05, 0) is 82.1 Å². The Hall–Kier alpha value is -2.09. The van der Waals surface area contributed by atoms with Crippen LogP contribution in [0.15, 0.2) is 47.4 Å². The number of aryl methyl sites for hydroxylation is 1. The van der Waals surface area contributed by atoms with E-state index in [1.54, 1.807) is 30.3 Å². The van der Waals surface area contributed by atoms with Crippen molar-refractivity contribution in [1.82, 2.24) is 10.2 Å². The summed E-state index contributed by atoms with van der Waals surface area (Å²) in [6.07, 6.45) is 3.32. The molecule has 2 N–H and O–H groups in total. The van der Waals surface area contributed by atoms with Crippen LogP contribution < -0.4 is 10.0 Å². The fourth-order valence-corrected chi connectivity index (χ4v) is 4.83. The highest BCUT2D eigenvalue weighted by molar-refractivity contribution is 7.92. The number of likely N-dealkylation sites (tertiary alicyclic amines) is 1. The molecule has 1 amide bonds. The van der Waals surface area contributed by atoms with Gasteiger partial charge in [0.2, 0.25) is 0 Å². The molecule has 1 heterocycles. The minimum absolute atomic E-state index is 0.158. The van der Waals surface area contributed by atoms with Gasteiger partial charge in [-0.2, -0.15) is 0 Å². The quantitative estimate of drug-likeness (QED) is 0.572. The number of rotatable bonds is 8. The average Bonchev–Trinajstić information content (AvgIpc) is 2.74. The fourth-order valence-electron chi connectivity index (χ4n) is 3.58. The molecule has 3 rings (SSSR count). The van der Waals surface area contributed by atoms with Crippen molar-refractivity contribution >= 4 is 33.2 Å². The van der Waals surface area contributed by atoms with Crippen LogP contribution >= 0.6 is 11.6 Å². The largest absolute Gasteiger partial charge is 0.352 e. The predicted octanol–water partition coefficient (Wildman–Crippen LogP) is 4.30. The van der Waals surface area contributed by atoms with E-state index in [4.69, 9.17) is 11.6 Å². The van der Waals surface area contributed by atoms with E-state index >= 15 is 0 Å². The Morgan fingerprint density at radius 3 is 2.48 bits per heavy atom. The number of nitrogens with one attached hydrogen (secondary N) is 2. The molecule has 6 nitrogen and oxygen atoms in total. The number of hydrogen-bond acceptors (Lipinski definition) is 4. The highest BCUT2D eigenvalue weighted by Gasteiger charge is 2.18. The van der Waals surface area contributed by atoms with Gasteiger partial charge >= 0.3 is 0 Å². The minimum Gasteiger partial charge on any atom is -0.352 e. The molecule has 0 aliphatic carbocycles. The third-order valence-electron chi connectivity index (χ3n) is 5.61. The van der Waals surface area contributed by atoms with Crippen LogP contribution in [0, 0.1) is 12.8 Å². The van der Waals surface area contributed by atoms with Crippen molar-refractivity contribution in [1.29, 1.82) is 0 Å². The lowest BCUT2D eigenvalue weighted by Gasteiger charge is -2.30. The Labute approximate surface area is 190 Å². The second kappa shape index (κ2) is 10.5. The normalized spacial score (nSPS) is 15.6. The second-order valence-corrected chi connectivity index (χ2v) is 10.3. The Bertz CT molecular complexity index is 1000. The Balaban J connectivity index is 1.57. The standard InChI is InChI=1S/C23H30ClN3O3S/c1-17-4-7-20(8-5-17)31(29,30)26-19-6-9-22(24)21(16-19)23(28)25-12-3-13-27-14-10-18(2)11-15-27/h4-9,16,18,26H,3,10-15H2,1-2H3,(H,25,28). The number of halogens is 1. The van der Waals surface area contributed by atoms with E-state index in [1.807, 2.05) is 6.92 Å². The molecule has 1 fully saturated rings. The summed E-state index contributed by atoms with van der Waals surface area (Å²) in [5.41, 5.74) is 1.51. The summed E-state index contributed by atoms with van der Waals surface area (Å²) in [7, 11) is -3.75. The van der Waals surface area contributed by atoms with E-state index < -0.39 is 10.0 Å². The van der Waals surface area contributed by atoms with Gasteiger partial charge in [-0.15, -0.1) is 0 Å². The summed E-state index contributed by atoms with van der Waals surface area (Å²) < 4.78 is 27.7. The average molecular weight is 464 g/mol. The number of piperidine rings is 1. The summed E-state index contributed by atoms with van der Waals surface area (Å²) in [4.78, 5) is 15.2. The maximum Gasteiger partial charge on any atom is 0.261 e. The van der Waals surface area contributed by atoms with Gasteiger partial charge in [-0.25, -0.2) is 8.42 Å². The van der Waals surface area contributed by atoms with Gasteiger partial charge < -0.3 is 10.2 Å². The molecular weight excluding hydrogens is 434 g/mol. The summed E-state index contributed by atoms with van der Waals surface area (Å²) in [5.74, 6) is 0.488. The lowest BCUT2D eigenvalue weighted by molar-refractivity contribution is 0.0950. The number of carbonyl (C=O) groups is 1. The van der Waals surface area contributed by atoms with Crippen LogP contribution in [0.3, 0.4) is 0 Å². The predicted molar refractivity (Wildman–Crippen MR) is 125 cm³/mol. The molecule has 31 heavy (non-hydrogen) atoms. The molecule has 2 aromatic carbocycles. The van der Waals surface area contributed by atoms with Crippen molar-refractivity contribution in [3.05, 3.63) is 58.6 Å². The van der Waals surface area contributed by atoms with Crippen LogP contribution in [-0.2, 0) is 10.0 Å². The van der Waals surface area contributed by atoms with Crippen LogP contribution in [0.25, 0.3) is 0 Å². The molecule has 1 aliphatic heterocycles. The van der Waals surface area contributed by atoms with E-state index in [-0.39, 0.29) is 27.1 Å². The third kappa shape index (κ3) is 6.69. The SMILES string of the molecule is Cc1ccc(S(=O)(=O)Nc2ccc(Cl)c(C(=O)NCCCN3CCC(C)CC3)c2)cc1. The first-order chi connectivity index (χ1) is 14.7. The summed E-state index contributed by atoms with van der Waals surface area (Å²) in [6, 6.07) is 11.1. The van der Waals surface area contributed by atoms with Gasteiger partial charge in [0.25, 0.3) is 15.9 Å². The van der Waals surface area contributed by atoms with Gasteiger partial charge in [0.1, 0.15) is 0 Å². The van der Waals surface area contributed by atoms with Gasteiger partial charge in [-0.3, -0.25) is 9.52 Å². The first-order valence-corrected chi connectivity index (χ1v) is 12.5. The van der Waals surface area contributed by atoms with Crippen molar-refractivity contribution < 1.29 is 13.2 Å². The van der Waals surface area contributed by atoms with Crippen LogP contribution in [-0.4, -0.2) is 45.4 Å². The first-order valence-electron chi connectivity index (χ1n) is 10.6. The fraction of sp³-hybridized carbons (Fsp3) is 0.435. The number of amides is 1. The van der Waals surface area contributed by atoms with Crippen molar-refractivity contribution in [3.63, 3.8) is 0 Å². The minimum atomic E-state index is -3.75. The number of carbonyl (C=O) groups excluding carboxylic acids is 1. The molecule has 2 aromatic rings. The molecule has 1 aliphatic rings. The Kier molecular flexibility index (Phi) is 7.97. The molecule has 0 spiro atoms. The zero-order valence-electron chi connectivity index (χ0n) is 18.0. The van der Waals surface area contributed by atoms with Gasteiger partial charge in [0, 0.05) is 12.2 Å². The number of anilines is 1. The molecule has 0 radical (unpaired) electrons. The number of sulfonamides is 1. The second-order valence-electron chi connectivity index (χ2n) is 8.25. The highest BCUT2D eigenvalue weighted by Crippen LogP contribution is 2.23. The first kappa shape index (κ1) is 23.6. The molecular formula is C23H30ClN3O3S. The smallest absolute Gasteiger partial charge is 0.261 e. The molecule has 0 unspecified atom stereocenters. The Morgan fingerprint density at radius 1 is 1.13 bits per heavy atom. The van der Waals surface area contributed by atoms with E-state index in [0.717, 1.165) is 37.5 Å². The van der Waals surface area contributed by atoms with E-state index in [0.29, 0.717) is 6.54 Å². The number of benzene rings is 2. The molecule has 1 saturated heterocycles. The highest BCUT2D eigenvalue weighted by atomic mass is 35.5. The summed E-state index contributed by atoms with van der Waals surface area (Å²) >= 11 is 6.20. The van der Waals surface area contributed by atoms with Crippen molar-refractivity contribution in [2.45, 2.75) is 38.0 Å². The molecule has 0 saturated carbocycles. The van der Waals surface area contributed by atoms with Gasteiger partial charge in [0.15, 0.2) is 0 Å². The topological polar surface area (TPSA) is 78.5 Å². The van der Waals surface area contributed by atoms with Crippen molar-refractivity contribution in [3.8, 4) is 0 Å². The van der Waals surface area contributed by atoms with Crippen LogP contribution in [0.1, 0.15) is 42.1 Å². The Morgan fingerprint density at radius 2 is 1.81 bits per heavy atom. The molecule has 8 heteroatoms. The van der Waals surface area contributed by atoms with Crippen LogP contribution in [0.4, 0.5) is 5.69 Å². The maximum atomic E-state index is 12.6. The zero-order valence-corrected chi connectivity index (χ0v) is 19.6. The third-order valence-corrected chi connectivity index (χ3v) is 7.33. The summed E-state index contributed by atoms with van der Waals surface area (Å²) in [6.45, 7) is 7.91. The van der Waals surface area contributed by atoms with Crippen LogP contribution in [0.2, 0.25) is 5.02 Å². The molecule has 0 bridgehead atoms. The monoisotopic (exact) mass is 463 g/mol.